The lowest BCUT2D eigenvalue weighted by atomic mass is 10.2. The molecule has 0 aliphatic rings. The fraction of sp³-hybridized carbons (Fsp3) is 0.273. The Kier molecular flexibility index (Phi) is 4.76. The molecule has 0 heterocycles. The van der Waals surface area contributed by atoms with Crippen LogP contribution in [0.15, 0.2) is 18.2 Å². The first-order chi connectivity index (χ1) is 8.08. The van der Waals surface area contributed by atoms with Gasteiger partial charge in [0.25, 0.3) is 0 Å². The smallest absolute Gasteiger partial charge is 0.334 e. The molecule has 0 amide bonds. The van der Waals surface area contributed by atoms with E-state index < -0.39 is 12.1 Å². The molecule has 0 spiro atoms. The number of carboxylic acid groups (broad SMARTS) is 1. The SMILES string of the molecule is COC(CNc1ccc(C#N)cc1Cl)C(=O)O. The van der Waals surface area contributed by atoms with Gasteiger partial charge in [0.1, 0.15) is 0 Å². The van der Waals surface area contributed by atoms with E-state index in [0.717, 1.165) is 0 Å². The van der Waals surface area contributed by atoms with E-state index in [1.54, 1.807) is 12.1 Å². The van der Waals surface area contributed by atoms with Gasteiger partial charge in [-0.05, 0) is 18.2 Å². The topological polar surface area (TPSA) is 82.3 Å². The van der Waals surface area contributed by atoms with Gasteiger partial charge >= 0.3 is 5.97 Å². The van der Waals surface area contributed by atoms with Crippen LogP contribution in [-0.2, 0) is 9.53 Å². The van der Waals surface area contributed by atoms with Crippen molar-refractivity contribution >= 4 is 23.3 Å². The molecule has 0 aliphatic heterocycles. The number of aliphatic carboxylic acids is 1. The van der Waals surface area contributed by atoms with Crippen molar-refractivity contribution in [2.24, 2.45) is 0 Å². The molecule has 0 saturated heterocycles. The van der Waals surface area contributed by atoms with Gasteiger partial charge in [0, 0.05) is 7.11 Å². The van der Waals surface area contributed by atoms with Gasteiger partial charge in [0.05, 0.1) is 28.9 Å². The number of nitriles is 1. The minimum atomic E-state index is -1.05. The van der Waals surface area contributed by atoms with Crippen molar-refractivity contribution in [3.8, 4) is 6.07 Å². The van der Waals surface area contributed by atoms with Gasteiger partial charge in [-0.3, -0.25) is 0 Å². The summed E-state index contributed by atoms with van der Waals surface area (Å²) in [6.07, 6.45) is -0.943. The maximum absolute atomic E-state index is 10.7. The summed E-state index contributed by atoms with van der Waals surface area (Å²) in [5.41, 5.74) is 1.01. The van der Waals surface area contributed by atoms with E-state index >= 15 is 0 Å². The molecule has 1 atom stereocenters. The summed E-state index contributed by atoms with van der Waals surface area (Å²) in [7, 11) is 1.32. The number of nitrogens with zero attached hydrogens (tertiary/aromatic N) is 1. The van der Waals surface area contributed by atoms with Crippen LogP contribution < -0.4 is 5.32 Å². The van der Waals surface area contributed by atoms with Crippen LogP contribution in [0.4, 0.5) is 5.69 Å². The van der Waals surface area contributed by atoms with Gasteiger partial charge in [-0.2, -0.15) is 5.26 Å². The highest BCUT2D eigenvalue weighted by atomic mass is 35.5. The van der Waals surface area contributed by atoms with Gasteiger partial charge in [0.2, 0.25) is 0 Å². The third-order valence-electron chi connectivity index (χ3n) is 2.14. The summed E-state index contributed by atoms with van der Waals surface area (Å²) >= 11 is 5.91. The van der Waals surface area contributed by atoms with E-state index in [1.165, 1.54) is 13.2 Å². The van der Waals surface area contributed by atoms with Gasteiger partial charge in [-0.25, -0.2) is 4.79 Å². The molecule has 1 rings (SSSR count). The Hall–Kier alpha value is -1.77. The highest BCUT2D eigenvalue weighted by Crippen LogP contribution is 2.22. The fourth-order valence-corrected chi connectivity index (χ4v) is 1.45. The summed E-state index contributed by atoms with van der Waals surface area (Å²) in [6.45, 7) is 0.0947. The van der Waals surface area contributed by atoms with Crippen molar-refractivity contribution in [1.29, 1.82) is 5.26 Å². The lowest BCUT2D eigenvalue weighted by molar-refractivity contribution is -0.147. The molecule has 90 valence electrons. The molecule has 0 saturated carbocycles. The zero-order chi connectivity index (χ0) is 12.8. The van der Waals surface area contributed by atoms with Crippen LogP contribution in [0.3, 0.4) is 0 Å². The maximum atomic E-state index is 10.7. The highest BCUT2D eigenvalue weighted by molar-refractivity contribution is 6.33. The van der Waals surface area contributed by atoms with Crippen molar-refractivity contribution in [2.75, 3.05) is 19.0 Å². The normalized spacial score (nSPS) is 11.6. The Balaban J connectivity index is 2.70. The second-order valence-corrected chi connectivity index (χ2v) is 3.66. The number of carbonyl (C=O) groups is 1. The van der Waals surface area contributed by atoms with E-state index in [0.29, 0.717) is 16.3 Å². The zero-order valence-corrected chi connectivity index (χ0v) is 9.86. The Morgan fingerprint density at radius 2 is 2.41 bits per heavy atom. The predicted octanol–water partition coefficient (Wildman–Crippen LogP) is 1.72. The standard InChI is InChI=1S/C11H11ClN2O3/c1-17-10(11(15)16)6-14-9-3-2-7(5-13)4-8(9)12/h2-4,10,14H,6H2,1H3,(H,15,16). The molecule has 6 heteroatoms. The Morgan fingerprint density at radius 1 is 1.71 bits per heavy atom. The number of methoxy groups -OCH3 is 1. The molecular weight excluding hydrogens is 244 g/mol. The van der Waals surface area contributed by atoms with Crippen LogP contribution in [-0.4, -0.2) is 30.8 Å². The first kappa shape index (κ1) is 13.3. The quantitative estimate of drug-likeness (QED) is 0.836. The average molecular weight is 255 g/mol. The van der Waals surface area contributed by atoms with Crippen LogP contribution in [0.2, 0.25) is 5.02 Å². The minimum Gasteiger partial charge on any atom is -0.479 e. The number of hydrogen-bond acceptors (Lipinski definition) is 4. The number of ether oxygens (including phenoxy) is 1. The molecule has 0 aliphatic carbocycles. The van der Waals surface area contributed by atoms with Gasteiger partial charge < -0.3 is 15.2 Å². The lowest BCUT2D eigenvalue weighted by Crippen LogP contribution is -2.30. The number of benzene rings is 1. The molecule has 0 fully saturated rings. The lowest BCUT2D eigenvalue weighted by Gasteiger charge is -2.13. The third-order valence-corrected chi connectivity index (χ3v) is 2.45. The Labute approximate surface area is 104 Å². The molecule has 0 radical (unpaired) electrons. The molecule has 5 nitrogen and oxygen atoms in total. The van der Waals surface area contributed by atoms with Crippen molar-refractivity contribution in [2.45, 2.75) is 6.10 Å². The summed E-state index contributed by atoms with van der Waals surface area (Å²) < 4.78 is 4.76. The molecule has 0 aromatic heterocycles. The van der Waals surface area contributed by atoms with Crippen LogP contribution >= 0.6 is 11.6 Å². The van der Waals surface area contributed by atoms with Crippen molar-refractivity contribution in [3.63, 3.8) is 0 Å². The van der Waals surface area contributed by atoms with Gasteiger partial charge in [-0.15, -0.1) is 0 Å². The second-order valence-electron chi connectivity index (χ2n) is 3.25. The molecule has 1 aromatic rings. The number of rotatable bonds is 5. The monoisotopic (exact) mass is 254 g/mol. The number of nitrogens with one attached hydrogen (secondary N) is 1. The number of anilines is 1. The number of hydrogen-bond donors (Lipinski definition) is 2. The fourth-order valence-electron chi connectivity index (χ4n) is 1.20. The molecule has 0 bridgehead atoms. The van der Waals surface area contributed by atoms with Gasteiger partial charge in [-0.1, -0.05) is 11.6 Å². The van der Waals surface area contributed by atoms with Crippen LogP contribution in [0, 0.1) is 11.3 Å². The average Bonchev–Trinajstić information content (AvgIpc) is 2.31. The molecular formula is C11H11ClN2O3. The maximum Gasteiger partial charge on any atom is 0.334 e. The summed E-state index contributed by atoms with van der Waals surface area (Å²) in [4.78, 5) is 10.7. The zero-order valence-electron chi connectivity index (χ0n) is 9.11. The van der Waals surface area contributed by atoms with E-state index in [-0.39, 0.29) is 6.54 Å². The molecule has 1 unspecified atom stereocenters. The Bertz CT molecular complexity index is 457. The summed E-state index contributed by atoms with van der Waals surface area (Å²) in [5.74, 6) is -1.05. The van der Waals surface area contributed by atoms with Crippen LogP contribution in [0.25, 0.3) is 0 Å². The van der Waals surface area contributed by atoms with Crippen molar-refractivity contribution in [3.05, 3.63) is 28.8 Å². The first-order valence-corrected chi connectivity index (χ1v) is 5.15. The molecule has 17 heavy (non-hydrogen) atoms. The van der Waals surface area contributed by atoms with Crippen LogP contribution in [0.5, 0.6) is 0 Å². The van der Waals surface area contributed by atoms with E-state index in [2.05, 4.69) is 5.32 Å². The number of halogens is 1. The van der Waals surface area contributed by atoms with Crippen molar-refractivity contribution < 1.29 is 14.6 Å². The highest BCUT2D eigenvalue weighted by Gasteiger charge is 2.16. The van der Waals surface area contributed by atoms with E-state index in [9.17, 15) is 4.79 Å². The summed E-state index contributed by atoms with van der Waals surface area (Å²) in [6, 6.07) is 6.68. The van der Waals surface area contributed by atoms with E-state index in [4.69, 9.17) is 26.7 Å². The van der Waals surface area contributed by atoms with Crippen LogP contribution in [0.1, 0.15) is 5.56 Å². The van der Waals surface area contributed by atoms with Gasteiger partial charge in [0.15, 0.2) is 6.10 Å². The molecule has 2 N–H and O–H groups in total. The van der Waals surface area contributed by atoms with E-state index in [1.807, 2.05) is 6.07 Å². The van der Waals surface area contributed by atoms with Crippen molar-refractivity contribution in [1.82, 2.24) is 0 Å². The minimum absolute atomic E-state index is 0.0947. The number of carboxylic acids is 1. The predicted molar refractivity (Wildman–Crippen MR) is 63.1 cm³/mol. The third kappa shape index (κ3) is 3.63. The largest absolute Gasteiger partial charge is 0.479 e. The Morgan fingerprint density at radius 3 is 2.88 bits per heavy atom. The molecule has 1 aromatic carbocycles. The first-order valence-electron chi connectivity index (χ1n) is 4.77. The summed E-state index contributed by atoms with van der Waals surface area (Å²) in [5, 5.41) is 20.6. The second kappa shape index (κ2) is 6.09.